The Bertz CT molecular complexity index is 750. The van der Waals surface area contributed by atoms with E-state index in [1.165, 1.54) is 38.6 Å². The van der Waals surface area contributed by atoms with Crippen molar-refractivity contribution in [3.05, 3.63) is 42.1 Å². The lowest BCUT2D eigenvalue weighted by Crippen LogP contribution is -2.22. The molecule has 0 unspecified atom stereocenters. The fourth-order valence-corrected chi connectivity index (χ4v) is 1.93. The molecule has 0 fully saturated rings. The van der Waals surface area contributed by atoms with Gasteiger partial charge in [0.15, 0.2) is 6.61 Å². The van der Waals surface area contributed by atoms with Crippen LogP contribution in [-0.2, 0) is 0 Å². The molecule has 0 radical (unpaired) electrons. The van der Waals surface area contributed by atoms with Crippen LogP contribution in [0.5, 0.6) is 17.4 Å². The molecule has 2 aromatic rings. The highest BCUT2D eigenvalue weighted by atomic mass is 19.4. The van der Waals surface area contributed by atoms with E-state index in [1.54, 1.807) is 12.1 Å². The number of hydrogen-bond acceptors (Lipinski definition) is 5. The van der Waals surface area contributed by atoms with Crippen molar-refractivity contribution in [1.82, 2.24) is 4.98 Å². The zero-order chi connectivity index (χ0) is 18.4. The minimum Gasteiger partial charge on any atom is -0.497 e. The maximum absolute atomic E-state index is 12.4. The summed E-state index contributed by atoms with van der Waals surface area (Å²) in [4.78, 5) is 16.1. The monoisotopic (exact) mass is 356 g/mol. The number of carbonyl (C=O) groups excluding carboxylic acids is 1. The molecular formula is C16H15F3N2O4. The second kappa shape index (κ2) is 7.73. The van der Waals surface area contributed by atoms with Crippen LogP contribution in [0.1, 0.15) is 10.4 Å². The summed E-state index contributed by atoms with van der Waals surface area (Å²) in [5, 5.41) is 2.54. The number of benzene rings is 1. The van der Waals surface area contributed by atoms with E-state index in [1.807, 2.05) is 0 Å². The molecule has 6 nitrogen and oxygen atoms in total. The molecule has 1 heterocycles. The summed E-state index contributed by atoms with van der Waals surface area (Å²) in [6.45, 7) is -1.55. The topological polar surface area (TPSA) is 69.7 Å². The molecule has 0 aliphatic rings. The standard InChI is InChI=1S/C16H15F3N2O4/c1-23-10-5-6-13(24-2)12(8-10)21-14(22)11-4-3-7-20-15(11)25-9-16(17,18)19/h3-8H,9H2,1-2H3,(H,21,22). The summed E-state index contributed by atoms with van der Waals surface area (Å²) in [5.41, 5.74) is 0.147. The Morgan fingerprint density at radius 2 is 1.96 bits per heavy atom. The average molecular weight is 356 g/mol. The molecule has 2 rings (SSSR count). The number of anilines is 1. The van der Waals surface area contributed by atoms with Crippen molar-refractivity contribution in [2.75, 3.05) is 26.1 Å². The van der Waals surface area contributed by atoms with E-state index in [2.05, 4.69) is 15.0 Å². The lowest BCUT2D eigenvalue weighted by Gasteiger charge is -2.14. The molecule has 25 heavy (non-hydrogen) atoms. The van der Waals surface area contributed by atoms with Gasteiger partial charge >= 0.3 is 6.18 Å². The van der Waals surface area contributed by atoms with E-state index in [9.17, 15) is 18.0 Å². The van der Waals surface area contributed by atoms with E-state index < -0.39 is 24.6 Å². The van der Waals surface area contributed by atoms with Crippen LogP contribution in [0.15, 0.2) is 36.5 Å². The second-order valence-corrected chi connectivity index (χ2v) is 4.78. The third-order valence-electron chi connectivity index (χ3n) is 3.04. The van der Waals surface area contributed by atoms with Crippen LogP contribution >= 0.6 is 0 Å². The van der Waals surface area contributed by atoms with Crippen LogP contribution in [0.25, 0.3) is 0 Å². The first-order valence-corrected chi connectivity index (χ1v) is 7.02. The molecule has 0 aliphatic heterocycles. The molecule has 1 aromatic carbocycles. The molecular weight excluding hydrogens is 341 g/mol. The number of hydrogen-bond donors (Lipinski definition) is 1. The van der Waals surface area contributed by atoms with Crippen LogP contribution < -0.4 is 19.5 Å². The van der Waals surface area contributed by atoms with Crippen LogP contribution in [0.3, 0.4) is 0 Å². The van der Waals surface area contributed by atoms with Crippen molar-refractivity contribution in [3.63, 3.8) is 0 Å². The number of aromatic nitrogens is 1. The maximum Gasteiger partial charge on any atom is 0.422 e. The van der Waals surface area contributed by atoms with E-state index in [0.717, 1.165) is 0 Å². The Labute approximate surface area is 141 Å². The van der Waals surface area contributed by atoms with Crippen LogP contribution in [0.4, 0.5) is 18.9 Å². The molecule has 0 spiro atoms. The summed E-state index contributed by atoms with van der Waals surface area (Å²) >= 11 is 0. The lowest BCUT2D eigenvalue weighted by molar-refractivity contribution is -0.154. The van der Waals surface area contributed by atoms with Crippen molar-refractivity contribution in [2.45, 2.75) is 6.18 Å². The fraction of sp³-hybridized carbons (Fsp3) is 0.250. The normalized spacial score (nSPS) is 10.9. The first-order chi connectivity index (χ1) is 11.8. The summed E-state index contributed by atoms with van der Waals surface area (Å²) in [6, 6.07) is 7.46. The molecule has 1 amide bonds. The largest absolute Gasteiger partial charge is 0.497 e. The molecule has 9 heteroatoms. The van der Waals surface area contributed by atoms with Gasteiger partial charge in [-0.1, -0.05) is 0 Å². The molecule has 0 bridgehead atoms. The fourth-order valence-electron chi connectivity index (χ4n) is 1.93. The predicted octanol–water partition coefficient (Wildman–Crippen LogP) is 3.29. The third-order valence-corrected chi connectivity index (χ3v) is 3.04. The molecule has 0 saturated heterocycles. The van der Waals surface area contributed by atoms with Crippen molar-refractivity contribution >= 4 is 11.6 Å². The van der Waals surface area contributed by atoms with Gasteiger partial charge in [0.05, 0.1) is 19.9 Å². The Kier molecular flexibility index (Phi) is 5.68. The summed E-state index contributed by atoms with van der Waals surface area (Å²) in [7, 11) is 2.87. The van der Waals surface area contributed by atoms with Crippen LogP contribution in [-0.4, -0.2) is 37.9 Å². The van der Waals surface area contributed by atoms with E-state index >= 15 is 0 Å². The first-order valence-electron chi connectivity index (χ1n) is 7.02. The number of nitrogens with zero attached hydrogens (tertiary/aromatic N) is 1. The Morgan fingerprint density at radius 1 is 1.20 bits per heavy atom. The van der Waals surface area contributed by atoms with Crippen LogP contribution in [0.2, 0.25) is 0 Å². The van der Waals surface area contributed by atoms with Crippen molar-refractivity contribution < 1.29 is 32.2 Å². The van der Waals surface area contributed by atoms with Gasteiger partial charge in [0, 0.05) is 12.3 Å². The summed E-state index contributed by atoms with van der Waals surface area (Å²) < 4.78 is 51.8. The zero-order valence-electron chi connectivity index (χ0n) is 13.4. The van der Waals surface area contributed by atoms with Gasteiger partial charge in [0.1, 0.15) is 17.1 Å². The predicted molar refractivity (Wildman–Crippen MR) is 83.3 cm³/mol. The zero-order valence-corrected chi connectivity index (χ0v) is 13.4. The Hall–Kier alpha value is -2.97. The number of halogens is 3. The molecule has 1 N–H and O–H groups in total. The van der Waals surface area contributed by atoms with E-state index in [4.69, 9.17) is 9.47 Å². The molecule has 134 valence electrons. The number of pyridine rings is 1. The molecule has 1 aromatic heterocycles. The van der Waals surface area contributed by atoms with Crippen molar-refractivity contribution in [3.8, 4) is 17.4 Å². The smallest absolute Gasteiger partial charge is 0.422 e. The third kappa shape index (κ3) is 5.00. The van der Waals surface area contributed by atoms with Gasteiger partial charge in [0.25, 0.3) is 5.91 Å². The highest BCUT2D eigenvalue weighted by Gasteiger charge is 2.29. The number of amides is 1. The minimum absolute atomic E-state index is 0.142. The highest BCUT2D eigenvalue weighted by molar-refractivity contribution is 6.06. The number of alkyl halides is 3. The number of nitrogens with one attached hydrogen (secondary N) is 1. The average Bonchev–Trinajstić information content (AvgIpc) is 2.59. The van der Waals surface area contributed by atoms with Gasteiger partial charge in [-0.15, -0.1) is 0 Å². The van der Waals surface area contributed by atoms with E-state index in [0.29, 0.717) is 11.5 Å². The van der Waals surface area contributed by atoms with E-state index in [-0.39, 0.29) is 11.3 Å². The summed E-state index contributed by atoms with van der Waals surface area (Å²) in [5.74, 6) is -0.289. The van der Waals surface area contributed by atoms with Gasteiger partial charge in [-0.25, -0.2) is 4.98 Å². The van der Waals surface area contributed by atoms with Crippen molar-refractivity contribution in [1.29, 1.82) is 0 Å². The van der Waals surface area contributed by atoms with Gasteiger partial charge in [-0.05, 0) is 24.3 Å². The van der Waals surface area contributed by atoms with Gasteiger partial charge in [-0.2, -0.15) is 13.2 Å². The minimum atomic E-state index is -4.54. The van der Waals surface area contributed by atoms with Gasteiger partial charge < -0.3 is 19.5 Å². The van der Waals surface area contributed by atoms with Crippen molar-refractivity contribution in [2.24, 2.45) is 0 Å². The molecule has 0 aliphatic carbocycles. The lowest BCUT2D eigenvalue weighted by atomic mass is 10.2. The molecule has 0 saturated carbocycles. The Morgan fingerprint density at radius 3 is 2.60 bits per heavy atom. The SMILES string of the molecule is COc1ccc(OC)c(NC(=O)c2cccnc2OCC(F)(F)F)c1. The number of carbonyl (C=O) groups is 1. The van der Waals surface area contributed by atoms with Crippen LogP contribution in [0, 0.1) is 0 Å². The first kappa shape index (κ1) is 18.4. The van der Waals surface area contributed by atoms with Gasteiger partial charge in [-0.3, -0.25) is 4.79 Å². The quantitative estimate of drug-likeness (QED) is 0.860. The molecule has 0 atom stereocenters. The second-order valence-electron chi connectivity index (χ2n) is 4.78. The summed E-state index contributed by atoms with van der Waals surface area (Å²) in [6.07, 6.45) is -3.31. The van der Waals surface area contributed by atoms with Gasteiger partial charge in [0.2, 0.25) is 5.88 Å². The number of methoxy groups -OCH3 is 2. The maximum atomic E-state index is 12.4. The highest BCUT2D eigenvalue weighted by Crippen LogP contribution is 2.30. The number of rotatable bonds is 6. The number of ether oxygens (including phenoxy) is 3. The Balaban J connectivity index is 2.24.